The first-order valence-electron chi connectivity index (χ1n) is 11.3. The van der Waals surface area contributed by atoms with Crippen molar-refractivity contribution in [2.75, 3.05) is 13.7 Å². The lowest BCUT2D eigenvalue weighted by molar-refractivity contribution is -0.166. The zero-order valence-electron chi connectivity index (χ0n) is 19.7. The van der Waals surface area contributed by atoms with E-state index >= 15 is 0 Å². The number of esters is 1. The smallest absolute Gasteiger partial charge is 0.331 e. The molecule has 7 nitrogen and oxygen atoms in total. The minimum atomic E-state index is -1.00. The minimum absolute atomic E-state index is 0.00928. The fourth-order valence-electron chi connectivity index (χ4n) is 4.79. The van der Waals surface area contributed by atoms with Crippen LogP contribution in [0.1, 0.15) is 40.0 Å². The Morgan fingerprint density at radius 1 is 1.09 bits per heavy atom. The Balaban J connectivity index is 1.59. The highest BCUT2D eigenvalue weighted by Crippen LogP contribution is 2.59. The van der Waals surface area contributed by atoms with Crippen molar-refractivity contribution in [1.82, 2.24) is 0 Å². The molecule has 6 atom stereocenters. The summed E-state index contributed by atoms with van der Waals surface area (Å²) in [5.74, 6) is -1.45. The zero-order valence-corrected chi connectivity index (χ0v) is 19.7. The molecule has 180 valence electrons. The number of aliphatic carboxylic acids is 1. The molecule has 0 aromatic rings. The van der Waals surface area contributed by atoms with E-state index in [0.717, 1.165) is 18.9 Å². The lowest BCUT2D eigenvalue weighted by Gasteiger charge is -2.42. The number of carbonyl (C=O) groups is 2. The Bertz CT molecular complexity index is 873. The summed E-state index contributed by atoms with van der Waals surface area (Å²) < 4.78 is 23.8. The van der Waals surface area contributed by atoms with Gasteiger partial charge in [-0.3, -0.25) is 0 Å². The van der Waals surface area contributed by atoms with Crippen LogP contribution in [-0.4, -0.2) is 60.3 Å². The molecule has 0 aromatic carbocycles. The van der Waals surface area contributed by atoms with Gasteiger partial charge < -0.3 is 24.1 Å². The molecule has 7 heteroatoms. The normalized spacial score (nSPS) is 35.6. The van der Waals surface area contributed by atoms with Gasteiger partial charge in [0.2, 0.25) is 0 Å². The second-order valence-electron chi connectivity index (χ2n) is 9.18. The molecule has 2 saturated heterocycles. The standard InChI is InChI=1S/C26H34O7/c1-18(2)13-14-20-25(3,33-20)24-23(30-4)19(15-16-26(24)17-31-26)32-22(29)12-10-8-6-5-7-9-11-21(27)28/h5-13,19-20,23-24H,14-17H2,1-4H3,(H,27,28)/b7-5+,8-6+,11-9-,12-10+. The molecule has 2 aliphatic heterocycles. The fourth-order valence-corrected chi connectivity index (χ4v) is 4.79. The van der Waals surface area contributed by atoms with Crippen molar-refractivity contribution < 1.29 is 33.6 Å². The van der Waals surface area contributed by atoms with E-state index in [2.05, 4.69) is 26.8 Å². The van der Waals surface area contributed by atoms with E-state index in [4.69, 9.17) is 24.1 Å². The minimum Gasteiger partial charge on any atom is -0.478 e. The van der Waals surface area contributed by atoms with Crippen LogP contribution in [0.2, 0.25) is 0 Å². The average molecular weight is 459 g/mol. The molecule has 6 unspecified atom stereocenters. The molecule has 3 aliphatic rings. The Labute approximate surface area is 195 Å². The maximum atomic E-state index is 12.4. The first-order chi connectivity index (χ1) is 15.7. The fraction of sp³-hybridized carbons (Fsp3) is 0.538. The van der Waals surface area contributed by atoms with Crippen LogP contribution in [0.5, 0.6) is 0 Å². The van der Waals surface area contributed by atoms with Crippen LogP contribution in [0.4, 0.5) is 0 Å². The van der Waals surface area contributed by atoms with Crippen molar-refractivity contribution in [3.63, 3.8) is 0 Å². The van der Waals surface area contributed by atoms with E-state index in [0.29, 0.717) is 13.0 Å². The van der Waals surface area contributed by atoms with Gasteiger partial charge in [0.15, 0.2) is 0 Å². The Hall–Kier alpha value is -2.48. The molecular weight excluding hydrogens is 424 g/mol. The lowest BCUT2D eigenvalue weighted by Crippen LogP contribution is -2.55. The topological polar surface area (TPSA) is 97.9 Å². The molecule has 3 rings (SSSR count). The van der Waals surface area contributed by atoms with Gasteiger partial charge in [-0.05, 0) is 40.0 Å². The third kappa shape index (κ3) is 6.31. The number of hydrogen-bond acceptors (Lipinski definition) is 6. The van der Waals surface area contributed by atoms with E-state index in [1.54, 1.807) is 37.5 Å². The summed E-state index contributed by atoms with van der Waals surface area (Å²) in [4.78, 5) is 22.8. The molecule has 1 N–H and O–H groups in total. The summed E-state index contributed by atoms with van der Waals surface area (Å²) in [5.41, 5.74) is 0.642. The molecule has 3 fully saturated rings. The Morgan fingerprint density at radius 2 is 1.73 bits per heavy atom. The summed E-state index contributed by atoms with van der Waals surface area (Å²) in [6.45, 7) is 6.96. The van der Waals surface area contributed by atoms with Crippen LogP contribution in [0.25, 0.3) is 0 Å². The van der Waals surface area contributed by atoms with Gasteiger partial charge in [-0.25, -0.2) is 9.59 Å². The number of rotatable bonds is 10. The first kappa shape index (κ1) is 25.1. The highest BCUT2D eigenvalue weighted by atomic mass is 16.6. The molecule has 0 amide bonds. The molecule has 1 spiro atoms. The van der Waals surface area contributed by atoms with E-state index < -0.39 is 11.9 Å². The zero-order chi connectivity index (χ0) is 24.1. The van der Waals surface area contributed by atoms with Gasteiger partial charge in [-0.15, -0.1) is 0 Å². The number of methoxy groups -OCH3 is 1. The lowest BCUT2D eigenvalue weighted by atomic mass is 9.68. The molecule has 33 heavy (non-hydrogen) atoms. The molecule has 0 aromatic heterocycles. The second-order valence-corrected chi connectivity index (χ2v) is 9.18. The highest BCUT2D eigenvalue weighted by Gasteiger charge is 2.72. The van der Waals surface area contributed by atoms with Crippen molar-refractivity contribution >= 4 is 11.9 Å². The monoisotopic (exact) mass is 458 g/mol. The second kappa shape index (κ2) is 10.6. The molecule has 1 saturated carbocycles. The quantitative estimate of drug-likeness (QED) is 0.174. The Morgan fingerprint density at radius 3 is 2.30 bits per heavy atom. The first-order valence-corrected chi connectivity index (χ1v) is 11.3. The SMILES string of the molecule is COC1C(OC(=O)/C=C/C=C/C=C/C=C\C(=O)O)CCC2(CO2)C1C1(C)OC1CC=C(C)C. The third-order valence-corrected chi connectivity index (χ3v) is 6.53. The van der Waals surface area contributed by atoms with Gasteiger partial charge in [0.25, 0.3) is 0 Å². The van der Waals surface area contributed by atoms with Crippen LogP contribution in [0, 0.1) is 5.92 Å². The predicted molar refractivity (Wildman–Crippen MR) is 124 cm³/mol. The maximum absolute atomic E-state index is 12.4. The summed E-state index contributed by atoms with van der Waals surface area (Å²) in [7, 11) is 1.65. The van der Waals surface area contributed by atoms with Crippen LogP contribution in [-0.2, 0) is 28.5 Å². The summed E-state index contributed by atoms with van der Waals surface area (Å²) in [6.07, 6.45) is 16.0. The third-order valence-electron chi connectivity index (χ3n) is 6.53. The number of allylic oxidation sites excluding steroid dienone is 7. The van der Waals surface area contributed by atoms with Gasteiger partial charge >= 0.3 is 11.9 Å². The molecule has 0 bridgehead atoms. The molecule has 0 radical (unpaired) electrons. The van der Waals surface area contributed by atoms with Crippen LogP contribution in [0.3, 0.4) is 0 Å². The van der Waals surface area contributed by atoms with Crippen LogP contribution in [0.15, 0.2) is 60.3 Å². The van der Waals surface area contributed by atoms with Crippen molar-refractivity contribution in [3.8, 4) is 0 Å². The van der Waals surface area contributed by atoms with Gasteiger partial charge in [-0.1, -0.05) is 48.1 Å². The Kier molecular flexibility index (Phi) is 8.10. The van der Waals surface area contributed by atoms with Gasteiger partial charge in [-0.2, -0.15) is 0 Å². The number of hydrogen-bond donors (Lipinski definition) is 1. The van der Waals surface area contributed by atoms with E-state index in [-0.39, 0.29) is 35.4 Å². The van der Waals surface area contributed by atoms with Crippen molar-refractivity contribution in [2.45, 2.75) is 69.5 Å². The van der Waals surface area contributed by atoms with Crippen LogP contribution >= 0.6 is 0 Å². The highest BCUT2D eigenvalue weighted by molar-refractivity contribution is 5.82. The summed E-state index contributed by atoms with van der Waals surface area (Å²) in [5, 5.41) is 8.51. The molecule has 2 heterocycles. The summed E-state index contributed by atoms with van der Waals surface area (Å²) in [6, 6.07) is 0. The number of carbonyl (C=O) groups excluding carboxylic acids is 1. The van der Waals surface area contributed by atoms with Gasteiger partial charge in [0.05, 0.1) is 18.6 Å². The van der Waals surface area contributed by atoms with E-state index in [1.807, 2.05) is 0 Å². The molecule has 1 aliphatic carbocycles. The van der Waals surface area contributed by atoms with Gasteiger partial charge in [0, 0.05) is 19.3 Å². The van der Waals surface area contributed by atoms with Crippen molar-refractivity contribution in [1.29, 1.82) is 0 Å². The van der Waals surface area contributed by atoms with Crippen molar-refractivity contribution in [2.24, 2.45) is 5.92 Å². The number of epoxide rings is 2. The van der Waals surface area contributed by atoms with Crippen LogP contribution < -0.4 is 0 Å². The maximum Gasteiger partial charge on any atom is 0.331 e. The number of carboxylic acids is 1. The van der Waals surface area contributed by atoms with Crippen molar-refractivity contribution in [3.05, 3.63) is 60.3 Å². The van der Waals surface area contributed by atoms with Gasteiger partial charge in [0.1, 0.15) is 23.4 Å². The largest absolute Gasteiger partial charge is 0.478 e. The van der Waals surface area contributed by atoms with E-state index in [1.165, 1.54) is 17.7 Å². The molecular formula is C26H34O7. The average Bonchev–Trinajstić information content (AvgIpc) is 3.67. The number of ether oxygens (including phenoxy) is 4. The predicted octanol–water partition coefficient (Wildman–Crippen LogP) is 3.92. The summed E-state index contributed by atoms with van der Waals surface area (Å²) >= 11 is 0. The van der Waals surface area contributed by atoms with E-state index in [9.17, 15) is 9.59 Å². The number of carboxylic acid groups (broad SMARTS) is 1.